The molecule has 2 amide bonds. The molecule has 30 heavy (non-hydrogen) atoms. The molecule has 2 saturated carbocycles. The quantitative estimate of drug-likeness (QED) is 0.660. The normalized spacial score (nSPS) is 38.4. The molecule has 1 spiro atoms. The molecule has 5 rings (SSSR count). The molecule has 0 bridgehead atoms. The van der Waals surface area contributed by atoms with E-state index in [0.717, 1.165) is 42.6 Å². The standard InChI is InChI=1S/C24H32N2O4/c1-12-5-6-17-22(2,3)9-14(27)10-24(17)23(12,4)8-13-7-15(20(25)28)18-16(19(13)30-24)11-26-21(18)29/h7,12,14,17,27H,5-6,8-11H2,1-4H3,(H2,25,28)(H,26,29)/t12-,14?,17-,23+,24-/m0/s1. The number of hydrogen-bond acceptors (Lipinski definition) is 4. The van der Waals surface area contributed by atoms with Crippen molar-refractivity contribution in [3.63, 3.8) is 0 Å². The largest absolute Gasteiger partial charge is 0.486 e. The number of rotatable bonds is 1. The Morgan fingerprint density at radius 2 is 2.00 bits per heavy atom. The molecule has 1 aromatic rings. The Morgan fingerprint density at radius 3 is 2.70 bits per heavy atom. The van der Waals surface area contributed by atoms with Gasteiger partial charge in [0.15, 0.2) is 0 Å². The van der Waals surface area contributed by atoms with Gasteiger partial charge in [0.25, 0.3) is 5.91 Å². The van der Waals surface area contributed by atoms with Gasteiger partial charge in [-0.25, -0.2) is 0 Å². The second kappa shape index (κ2) is 6.00. The van der Waals surface area contributed by atoms with Crippen molar-refractivity contribution in [3.8, 4) is 5.75 Å². The molecule has 4 aliphatic rings. The maximum absolute atomic E-state index is 12.5. The van der Waals surface area contributed by atoms with Crippen LogP contribution in [0.1, 0.15) is 85.2 Å². The lowest BCUT2D eigenvalue weighted by Gasteiger charge is -2.66. The second-order valence-electron chi connectivity index (χ2n) is 11.0. The number of nitrogens with one attached hydrogen (secondary N) is 1. The van der Waals surface area contributed by atoms with Crippen molar-refractivity contribution < 1.29 is 19.4 Å². The van der Waals surface area contributed by atoms with Crippen LogP contribution in [-0.4, -0.2) is 28.6 Å². The van der Waals surface area contributed by atoms with Crippen molar-refractivity contribution in [2.75, 3.05) is 0 Å². The van der Waals surface area contributed by atoms with Crippen LogP contribution in [-0.2, 0) is 13.0 Å². The first-order chi connectivity index (χ1) is 14.0. The van der Waals surface area contributed by atoms with Gasteiger partial charge in [-0.2, -0.15) is 0 Å². The number of hydrogen-bond donors (Lipinski definition) is 3. The number of carbonyl (C=O) groups is 2. The number of carbonyl (C=O) groups excluding carboxylic acids is 2. The number of amides is 2. The van der Waals surface area contributed by atoms with Gasteiger partial charge < -0.3 is 20.9 Å². The van der Waals surface area contributed by atoms with Gasteiger partial charge in [-0.05, 0) is 48.6 Å². The first-order valence-electron chi connectivity index (χ1n) is 11.1. The summed E-state index contributed by atoms with van der Waals surface area (Å²) in [5, 5.41) is 13.8. The number of fused-ring (bicyclic) bond motifs is 3. The maximum Gasteiger partial charge on any atom is 0.252 e. The molecule has 2 aliphatic heterocycles. The summed E-state index contributed by atoms with van der Waals surface area (Å²) in [5.74, 6) is 0.607. The summed E-state index contributed by atoms with van der Waals surface area (Å²) in [5.41, 5.74) is 7.27. The van der Waals surface area contributed by atoms with Crippen LogP contribution in [0.5, 0.6) is 5.75 Å². The highest BCUT2D eigenvalue weighted by molar-refractivity contribution is 6.10. The fourth-order valence-electron chi connectivity index (χ4n) is 7.40. The van der Waals surface area contributed by atoms with E-state index in [9.17, 15) is 14.7 Å². The summed E-state index contributed by atoms with van der Waals surface area (Å²) < 4.78 is 7.03. The van der Waals surface area contributed by atoms with Crippen LogP contribution in [0, 0.1) is 22.7 Å². The van der Waals surface area contributed by atoms with Crippen molar-refractivity contribution in [1.82, 2.24) is 5.32 Å². The summed E-state index contributed by atoms with van der Waals surface area (Å²) in [6.45, 7) is 9.43. The second-order valence-corrected chi connectivity index (χ2v) is 11.0. The number of primary amides is 1. The summed E-state index contributed by atoms with van der Waals surface area (Å²) in [6, 6.07) is 1.78. The lowest BCUT2D eigenvalue weighted by molar-refractivity contribution is -0.230. The van der Waals surface area contributed by atoms with Crippen LogP contribution in [0.25, 0.3) is 0 Å². The maximum atomic E-state index is 12.5. The molecule has 0 radical (unpaired) electrons. The smallest absolute Gasteiger partial charge is 0.252 e. The highest BCUT2D eigenvalue weighted by atomic mass is 16.5. The highest BCUT2D eigenvalue weighted by Gasteiger charge is 2.67. The Hall–Kier alpha value is -2.08. The van der Waals surface area contributed by atoms with E-state index in [1.54, 1.807) is 6.07 Å². The molecule has 2 aliphatic carbocycles. The van der Waals surface area contributed by atoms with Crippen LogP contribution >= 0.6 is 0 Å². The van der Waals surface area contributed by atoms with Gasteiger partial charge in [0.05, 0.1) is 17.2 Å². The molecule has 5 atom stereocenters. The van der Waals surface area contributed by atoms with Gasteiger partial charge in [-0.3, -0.25) is 9.59 Å². The number of nitrogens with two attached hydrogens (primary N) is 1. The van der Waals surface area contributed by atoms with Crippen LogP contribution in [0.4, 0.5) is 0 Å². The van der Waals surface area contributed by atoms with Crippen molar-refractivity contribution in [2.45, 2.75) is 78.0 Å². The van der Waals surface area contributed by atoms with Crippen LogP contribution < -0.4 is 15.8 Å². The average Bonchev–Trinajstić information content (AvgIpc) is 3.01. The molecule has 4 N–H and O–H groups in total. The molecule has 1 unspecified atom stereocenters. The molecule has 6 heteroatoms. The van der Waals surface area contributed by atoms with Crippen molar-refractivity contribution >= 4 is 11.8 Å². The van der Waals surface area contributed by atoms with E-state index in [4.69, 9.17) is 10.5 Å². The van der Waals surface area contributed by atoms with Crippen LogP contribution in [0.15, 0.2) is 6.07 Å². The Labute approximate surface area is 177 Å². The minimum atomic E-state index is -0.583. The topological polar surface area (TPSA) is 102 Å². The Morgan fingerprint density at radius 1 is 1.27 bits per heavy atom. The van der Waals surface area contributed by atoms with E-state index in [1.807, 2.05) is 0 Å². The molecular formula is C24H32N2O4. The molecule has 2 heterocycles. The van der Waals surface area contributed by atoms with Crippen LogP contribution in [0.2, 0.25) is 0 Å². The zero-order valence-electron chi connectivity index (χ0n) is 18.3. The Balaban J connectivity index is 1.75. The van der Waals surface area contributed by atoms with E-state index < -0.39 is 17.6 Å². The van der Waals surface area contributed by atoms with E-state index in [2.05, 4.69) is 33.0 Å². The van der Waals surface area contributed by atoms with Crippen molar-refractivity contribution in [2.24, 2.45) is 28.4 Å². The zero-order valence-corrected chi connectivity index (χ0v) is 18.3. The SMILES string of the molecule is C[C@H]1CC[C@H]2C(C)(C)CC(O)C[C@]23Oc2c(cc(C(N)=O)c4c2CNC4=O)C[C@]13C. The molecule has 162 valence electrons. The monoisotopic (exact) mass is 412 g/mol. The summed E-state index contributed by atoms with van der Waals surface area (Å²) in [4.78, 5) is 24.6. The van der Waals surface area contributed by atoms with Gasteiger partial charge in [0.1, 0.15) is 11.4 Å². The number of benzene rings is 1. The molecule has 0 saturated heterocycles. The Kier molecular flexibility index (Phi) is 3.97. The molecular weight excluding hydrogens is 380 g/mol. The van der Waals surface area contributed by atoms with E-state index in [1.165, 1.54) is 0 Å². The van der Waals surface area contributed by atoms with Crippen molar-refractivity contribution in [1.29, 1.82) is 0 Å². The zero-order chi connectivity index (χ0) is 21.6. The summed E-state index contributed by atoms with van der Waals surface area (Å²) in [6.07, 6.45) is 3.91. The van der Waals surface area contributed by atoms with Crippen LogP contribution in [0.3, 0.4) is 0 Å². The first kappa shape index (κ1) is 19.9. The number of aliphatic hydroxyl groups excluding tert-OH is 1. The van der Waals surface area contributed by atoms with Gasteiger partial charge in [-0.1, -0.05) is 27.7 Å². The van der Waals surface area contributed by atoms with E-state index >= 15 is 0 Å². The third-order valence-corrected chi connectivity index (χ3v) is 8.97. The summed E-state index contributed by atoms with van der Waals surface area (Å²) in [7, 11) is 0. The van der Waals surface area contributed by atoms with Gasteiger partial charge in [-0.15, -0.1) is 0 Å². The first-order valence-corrected chi connectivity index (χ1v) is 11.1. The predicted octanol–water partition coefficient (Wildman–Crippen LogP) is 2.94. The third kappa shape index (κ3) is 2.34. The number of aliphatic hydroxyl groups is 1. The predicted molar refractivity (Wildman–Crippen MR) is 112 cm³/mol. The minimum Gasteiger partial charge on any atom is -0.486 e. The fourth-order valence-corrected chi connectivity index (χ4v) is 7.40. The van der Waals surface area contributed by atoms with E-state index in [0.29, 0.717) is 30.4 Å². The van der Waals surface area contributed by atoms with E-state index in [-0.39, 0.29) is 22.3 Å². The Bertz CT molecular complexity index is 970. The average molecular weight is 413 g/mol. The number of ether oxygens (including phenoxy) is 1. The third-order valence-electron chi connectivity index (χ3n) is 8.97. The summed E-state index contributed by atoms with van der Waals surface area (Å²) >= 11 is 0. The van der Waals surface area contributed by atoms with Crippen molar-refractivity contribution in [3.05, 3.63) is 28.3 Å². The highest BCUT2D eigenvalue weighted by Crippen LogP contribution is 2.66. The lowest BCUT2D eigenvalue weighted by atomic mass is 9.44. The van der Waals surface area contributed by atoms with Gasteiger partial charge >= 0.3 is 0 Å². The van der Waals surface area contributed by atoms with Gasteiger partial charge in [0, 0.05) is 29.9 Å². The van der Waals surface area contributed by atoms with Gasteiger partial charge in [0.2, 0.25) is 5.91 Å². The minimum absolute atomic E-state index is 0.0407. The lowest BCUT2D eigenvalue weighted by Crippen LogP contribution is -2.70. The molecule has 0 aromatic heterocycles. The molecule has 6 nitrogen and oxygen atoms in total. The fraction of sp³-hybridized carbons (Fsp3) is 0.667. The molecule has 1 aromatic carbocycles. The molecule has 2 fully saturated rings.